The maximum Gasteiger partial charge on any atom is 0.305 e. The van der Waals surface area contributed by atoms with Gasteiger partial charge in [-0.05, 0) is 71.2 Å². The smallest absolute Gasteiger partial charge is 0.305 e. The molecule has 0 bridgehead atoms. The van der Waals surface area contributed by atoms with Crippen LogP contribution in [0, 0.1) is 0 Å². The van der Waals surface area contributed by atoms with E-state index in [1.54, 1.807) is 0 Å². The Morgan fingerprint density at radius 3 is 0.954 bits per heavy atom. The van der Waals surface area contributed by atoms with E-state index in [0.717, 1.165) is 77.9 Å². The number of nitrogens with zero attached hydrogens (tertiary/aromatic N) is 5. The van der Waals surface area contributed by atoms with Gasteiger partial charge in [0.15, 0.2) is 0 Å². The van der Waals surface area contributed by atoms with E-state index in [2.05, 4.69) is 49.3 Å². The number of unbranched alkanes of at least 4 members (excludes halogenated alkanes) is 25. The van der Waals surface area contributed by atoms with Crippen LogP contribution in [0.3, 0.4) is 0 Å². The minimum atomic E-state index is -0.0964. The maximum atomic E-state index is 13.7. The van der Waals surface area contributed by atoms with Crippen molar-refractivity contribution in [2.45, 2.75) is 253 Å². The van der Waals surface area contributed by atoms with Gasteiger partial charge in [0.1, 0.15) is 0 Å². The zero-order valence-corrected chi connectivity index (χ0v) is 44.3. The molecule has 1 rings (SSSR count). The average molecular weight is 919 g/mol. The fraction of sp³-hybridized carbons (Fsp3) is 0.946. The second-order valence-corrected chi connectivity index (χ2v) is 19.9. The van der Waals surface area contributed by atoms with Crippen LogP contribution >= 0.6 is 0 Å². The lowest BCUT2D eigenvalue weighted by Crippen LogP contribution is -2.51. The molecule has 384 valence electrons. The highest BCUT2D eigenvalue weighted by molar-refractivity contribution is 5.78. The van der Waals surface area contributed by atoms with Crippen molar-refractivity contribution < 1.29 is 19.1 Å². The van der Waals surface area contributed by atoms with Gasteiger partial charge < -0.3 is 29.2 Å². The van der Waals surface area contributed by atoms with Gasteiger partial charge in [-0.1, -0.05) is 195 Å². The first kappa shape index (κ1) is 61.3. The standard InChI is InChI=1S/C56H111N5O4/c1-6-11-16-20-24-28-31-40-57(44-36-37-56(64)65-53-35-15-10-5)45-38-54(62)60-49-51-61(52-50-60)55(63)39-46-59(43-34-30-26-22-18-13-8-3)48-47-58(41-32-27-23-19-14-9-4)42-33-29-25-21-17-12-7-2/h6-53H2,1-5H3. The molecule has 1 aliphatic heterocycles. The molecule has 0 atom stereocenters. The third-order valence-electron chi connectivity index (χ3n) is 13.9. The second-order valence-electron chi connectivity index (χ2n) is 19.9. The Balaban J connectivity index is 2.70. The molecule has 0 N–H and O–H groups in total. The third-order valence-corrected chi connectivity index (χ3v) is 13.9. The van der Waals surface area contributed by atoms with Gasteiger partial charge >= 0.3 is 5.97 Å². The Morgan fingerprint density at radius 2 is 0.600 bits per heavy atom. The van der Waals surface area contributed by atoms with Gasteiger partial charge in [0, 0.05) is 71.6 Å². The largest absolute Gasteiger partial charge is 0.466 e. The summed E-state index contributed by atoms with van der Waals surface area (Å²) >= 11 is 0. The summed E-state index contributed by atoms with van der Waals surface area (Å²) in [6.45, 7) is 23.4. The van der Waals surface area contributed by atoms with Crippen LogP contribution in [0.15, 0.2) is 0 Å². The molecule has 65 heavy (non-hydrogen) atoms. The number of carbonyl (C=O) groups is 3. The monoisotopic (exact) mass is 918 g/mol. The van der Waals surface area contributed by atoms with Gasteiger partial charge in [-0.2, -0.15) is 0 Å². The summed E-state index contributed by atoms with van der Waals surface area (Å²) in [6.07, 6.45) is 41.0. The number of piperazine rings is 1. The first-order chi connectivity index (χ1) is 31.9. The highest BCUT2D eigenvalue weighted by Gasteiger charge is 2.25. The number of hydrogen-bond donors (Lipinski definition) is 0. The number of hydrogen-bond acceptors (Lipinski definition) is 7. The van der Waals surface area contributed by atoms with Crippen molar-refractivity contribution in [2.24, 2.45) is 0 Å². The van der Waals surface area contributed by atoms with E-state index in [1.807, 2.05) is 9.80 Å². The number of ether oxygens (including phenoxy) is 1. The predicted molar refractivity (Wildman–Crippen MR) is 279 cm³/mol. The fourth-order valence-corrected chi connectivity index (χ4v) is 9.37. The average Bonchev–Trinajstić information content (AvgIpc) is 3.32. The molecule has 2 amide bonds. The van der Waals surface area contributed by atoms with Gasteiger partial charge in [-0.15, -0.1) is 0 Å². The van der Waals surface area contributed by atoms with Crippen LogP contribution < -0.4 is 0 Å². The first-order valence-corrected chi connectivity index (χ1v) is 28.8. The van der Waals surface area contributed by atoms with Crippen molar-refractivity contribution in [3.05, 3.63) is 0 Å². The van der Waals surface area contributed by atoms with Crippen LogP contribution in [-0.2, 0) is 19.1 Å². The van der Waals surface area contributed by atoms with Crippen LogP contribution in [0.2, 0.25) is 0 Å². The maximum absolute atomic E-state index is 13.7. The van der Waals surface area contributed by atoms with E-state index in [9.17, 15) is 14.4 Å². The molecular formula is C56H111N5O4. The third kappa shape index (κ3) is 36.9. The molecule has 9 nitrogen and oxygen atoms in total. The van der Waals surface area contributed by atoms with Crippen molar-refractivity contribution in [3.8, 4) is 0 Å². The molecule has 0 radical (unpaired) electrons. The number of esters is 1. The molecule has 0 unspecified atom stereocenters. The molecule has 0 aromatic rings. The van der Waals surface area contributed by atoms with Crippen molar-refractivity contribution in [2.75, 3.05) is 91.7 Å². The second kappa shape index (κ2) is 46.0. The molecule has 0 aromatic carbocycles. The van der Waals surface area contributed by atoms with Crippen molar-refractivity contribution >= 4 is 17.8 Å². The summed E-state index contributed by atoms with van der Waals surface area (Å²) in [5.74, 6) is 0.346. The van der Waals surface area contributed by atoms with Crippen molar-refractivity contribution in [1.82, 2.24) is 24.5 Å². The Hall–Kier alpha value is -1.71. The molecule has 0 aliphatic carbocycles. The quantitative estimate of drug-likeness (QED) is 0.0444. The van der Waals surface area contributed by atoms with E-state index < -0.39 is 0 Å². The SMILES string of the molecule is CCCCCCCCCN(CCCC(=O)OCCCCC)CCC(=O)N1CCN(C(=O)CCN(CCCCCCCCC)CCN(CCCCCCCC)CCCCCCCCC)CC1. The molecule has 0 aromatic heterocycles. The Kier molecular flexibility index (Phi) is 43.4. The fourth-order valence-electron chi connectivity index (χ4n) is 9.37. The van der Waals surface area contributed by atoms with E-state index in [1.165, 1.54) is 180 Å². The molecule has 9 heteroatoms. The lowest BCUT2D eigenvalue weighted by molar-refractivity contribution is -0.144. The van der Waals surface area contributed by atoms with Crippen LogP contribution in [-0.4, -0.2) is 134 Å². The Labute approximate surface area is 404 Å². The Bertz CT molecular complexity index is 1070. The number of amides is 2. The van der Waals surface area contributed by atoms with E-state index in [4.69, 9.17) is 4.74 Å². The van der Waals surface area contributed by atoms with Crippen LogP contribution in [0.4, 0.5) is 0 Å². The normalized spacial score (nSPS) is 13.2. The van der Waals surface area contributed by atoms with Gasteiger partial charge in [-0.3, -0.25) is 14.4 Å². The molecule has 0 saturated carbocycles. The van der Waals surface area contributed by atoms with Crippen molar-refractivity contribution in [1.29, 1.82) is 0 Å². The summed E-state index contributed by atoms with van der Waals surface area (Å²) < 4.78 is 5.45. The highest BCUT2D eigenvalue weighted by atomic mass is 16.5. The van der Waals surface area contributed by atoms with E-state index >= 15 is 0 Å². The zero-order valence-electron chi connectivity index (χ0n) is 44.3. The zero-order chi connectivity index (χ0) is 47.3. The Morgan fingerprint density at radius 1 is 0.323 bits per heavy atom. The van der Waals surface area contributed by atoms with Crippen LogP contribution in [0.25, 0.3) is 0 Å². The minimum absolute atomic E-state index is 0.0964. The van der Waals surface area contributed by atoms with Gasteiger partial charge in [0.2, 0.25) is 11.8 Å². The topological polar surface area (TPSA) is 76.6 Å². The lowest BCUT2D eigenvalue weighted by Gasteiger charge is -2.36. The van der Waals surface area contributed by atoms with Gasteiger partial charge in [0.25, 0.3) is 0 Å². The molecule has 0 spiro atoms. The van der Waals surface area contributed by atoms with Gasteiger partial charge in [0.05, 0.1) is 6.61 Å². The summed E-state index contributed by atoms with van der Waals surface area (Å²) in [5.41, 5.74) is 0. The summed E-state index contributed by atoms with van der Waals surface area (Å²) in [6, 6.07) is 0. The summed E-state index contributed by atoms with van der Waals surface area (Å²) in [7, 11) is 0. The van der Waals surface area contributed by atoms with E-state index in [0.29, 0.717) is 52.0 Å². The van der Waals surface area contributed by atoms with Gasteiger partial charge in [-0.25, -0.2) is 0 Å². The van der Waals surface area contributed by atoms with Crippen LogP contribution in [0.1, 0.15) is 253 Å². The lowest BCUT2D eigenvalue weighted by atomic mass is 10.1. The summed E-state index contributed by atoms with van der Waals surface area (Å²) in [5, 5.41) is 0. The number of carbonyl (C=O) groups excluding carboxylic acids is 3. The molecule has 1 aliphatic rings. The van der Waals surface area contributed by atoms with Crippen LogP contribution in [0.5, 0.6) is 0 Å². The molecule has 1 fully saturated rings. The first-order valence-electron chi connectivity index (χ1n) is 28.8. The summed E-state index contributed by atoms with van der Waals surface area (Å²) in [4.78, 5) is 51.3. The van der Waals surface area contributed by atoms with E-state index in [-0.39, 0.29) is 17.8 Å². The molecule has 1 saturated heterocycles. The minimum Gasteiger partial charge on any atom is -0.466 e. The van der Waals surface area contributed by atoms with Crippen molar-refractivity contribution in [3.63, 3.8) is 0 Å². The number of rotatable bonds is 48. The molecular weight excluding hydrogens is 807 g/mol. The molecule has 1 heterocycles. The highest BCUT2D eigenvalue weighted by Crippen LogP contribution is 2.14. The predicted octanol–water partition coefficient (Wildman–Crippen LogP) is 13.5.